The number of benzene rings is 1. The van der Waals surface area contributed by atoms with Gasteiger partial charge in [0.05, 0.1) is 18.8 Å². The van der Waals surface area contributed by atoms with Gasteiger partial charge in [0.2, 0.25) is 5.91 Å². The maximum atomic E-state index is 12.3. The van der Waals surface area contributed by atoms with Crippen LogP contribution in [0.4, 0.5) is 5.69 Å². The normalized spacial score (nSPS) is 19.4. The van der Waals surface area contributed by atoms with Gasteiger partial charge in [0.25, 0.3) is 0 Å². The van der Waals surface area contributed by atoms with E-state index in [-0.39, 0.29) is 11.9 Å². The van der Waals surface area contributed by atoms with Gasteiger partial charge in [-0.25, -0.2) is 0 Å². The number of methoxy groups -OCH3 is 1. The van der Waals surface area contributed by atoms with Crippen LogP contribution in [0, 0.1) is 6.92 Å². The fourth-order valence-electron chi connectivity index (χ4n) is 2.36. The highest BCUT2D eigenvalue weighted by atomic mass is 16.5. The molecule has 0 aromatic heterocycles. The summed E-state index contributed by atoms with van der Waals surface area (Å²) in [6.07, 6.45) is 0.864. The first-order chi connectivity index (χ1) is 8.67. The Bertz CT molecular complexity index is 445. The molecule has 1 aliphatic heterocycles. The number of ether oxygens (including phenoxy) is 1. The van der Waals surface area contributed by atoms with Crippen LogP contribution in [0.15, 0.2) is 18.2 Å². The molecule has 0 radical (unpaired) electrons. The fraction of sp³-hybridized carbons (Fsp3) is 0.500. The predicted molar refractivity (Wildman–Crippen MR) is 72.2 cm³/mol. The molecule has 1 atom stereocenters. The molecular weight excluding hydrogens is 228 g/mol. The molecule has 1 fully saturated rings. The Kier molecular flexibility index (Phi) is 3.87. The maximum Gasteiger partial charge on any atom is 0.244 e. The predicted octanol–water partition coefficient (Wildman–Crippen LogP) is 1.72. The van der Waals surface area contributed by atoms with Crippen LogP contribution in [0.25, 0.3) is 0 Å². The topological polar surface area (TPSA) is 41.6 Å². The van der Waals surface area contributed by atoms with Gasteiger partial charge in [-0.2, -0.15) is 0 Å². The number of hydrogen-bond acceptors (Lipinski definition) is 3. The quantitative estimate of drug-likeness (QED) is 0.882. The molecular formula is C14H20N2O2. The number of carbonyl (C=O) groups is 1. The number of carbonyl (C=O) groups excluding carboxylic acids is 1. The molecule has 0 bridgehead atoms. The van der Waals surface area contributed by atoms with E-state index in [1.54, 1.807) is 7.11 Å². The minimum Gasteiger partial charge on any atom is -0.497 e. The molecule has 4 heteroatoms. The minimum atomic E-state index is -0.0411. The molecule has 0 saturated carbocycles. The van der Waals surface area contributed by atoms with Gasteiger partial charge >= 0.3 is 0 Å². The van der Waals surface area contributed by atoms with Crippen LogP contribution in [0.1, 0.15) is 18.9 Å². The Morgan fingerprint density at radius 3 is 2.94 bits per heavy atom. The van der Waals surface area contributed by atoms with E-state index in [1.807, 2.05) is 36.9 Å². The molecule has 0 spiro atoms. The van der Waals surface area contributed by atoms with E-state index in [1.165, 1.54) is 0 Å². The summed E-state index contributed by atoms with van der Waals surface area (Å²) >= 11 is 0. The van der Waals surface area contributed by atoms with Crippen molar-refractivity contribution in [3.8, 4) is 5.75 Å². The van der Waals surface area contributed by atoms with Crippen molar-refractivity contribution in [2.75, 3.05) is 25.1 Å². The number of rotatable bonds is 4. The third kappa shape index (κ3) is 2.34. The highest BCUT2D eigenvalue weighted by molar-refractivity contribution is 6.00. The Balaban J connectivity index is 2.24. The Morgan fingerprint density at radius 1 is 1.50 bits per heavy atom. The summed E-state index contributed by atoms with van der Waals surface area (Å²) in [6.45, 7) is 5.63. The molecule has 18 heavy (non-hydrogen) atoms. The van der Waals surface area contributed by atoms with Crippen molar-refractivity contribution < 1.29 is 9.53 Å². The van der Waals surface area contributed by atoms with Crippen LogP contribution in [-0.2, 0) is 4.79 Å². The number of anilines is 1. The molecule has 1 unspecified atom stereocenters. The van der Waals surface area contributed by atoms with E-state index in [0.717, 1.165) is 36.5 Å². The van der Waals surface area contributed by atoms with E-state index >= 15 is 0 Å². The van der Waals surface area contributed by atoms with Gasteiger partial charge < -0.3 is 15.0 Å². The number of hydrogen-bond donors (Lipinski definition) is 1. The first kappa shape index (κ1) is 12.9. The number of likely N-dealkylation sites (N-methyl/N-ethyl adjacent to an activating group) is 1. The van der Waals surface area contributed by atoms with E-state index in [4.69, 9.17) is 4.74 Å². The van der Waals surface area contributed by atoms with Gasteiger partial charge in [-0.3, -0.25) is 4.79 Å². The smallest absolute Gasteiger partial charge is 0.244 e. The van der Waals surface area contributed by atoms with Crippen molar-refractivity contribution >= 4 is 11.6 Å². The largest absolute Gasteiger partial charge is 0.497 e. The molecule has 1 heterocycles. The zero-order valence-corrected chi connectivity index (χ0v) is 11.2. The average Bonchev–Trinajstić information content (AvgIpc) is 2.73. The van der Waals surface area contributed by atoms with Crippen molar-refractivity contribution in [1.29, 1.82) is 0 Å². The summed E-state index contributed by atoms with van der Waals surface area (Å²) in [6, 6.07) is 5.80. The first-order valence-electron chi connectivity index (χ1n) is 6.36. The van der Waals surface area contributed by atoms with Gasteiger partial charge in [-0.15, -0.1) is 0 Å². The summed E-state index contributed by atoms with van der Waals surface area (Å²) in [5, 5.41) is 3.22. The van der Waals surface area contributed by atoms with Gasteiger partial charge in [0.1, 0.15) is 5.75 Å². The van der Waals surface area contributed by atoms with E-state index in [2.05, 4.69) is 5.32 Å². The lowest BCUT2D eigenvalue weighted by Crippen LogP contribution is -2.38. The molecule has 1 aliphatic rings. The fourth-order valence-corrected chi connectivity index (χ4v) is 2.36. The number of nitrogens with one attached hydrogen (secondary N) is 1. The second-order valence-electron chi connectivity index (χ2n) is 4.54. The van der Waals surface area contributed by atoms with E-state index in [0.29, 0.717) is 0 Å². The summed E-state index contributed by atoms with van der Waals surface area (Å²) in [5.41, 5.74) is 2.06. The highest BCUT2D eigenvalue weighted by Gasteiger charge is 2.32. The third-order valence-corrected chi connectivity index (χ3v) is 3.36. The minimum absolute atomic E-state index is 0.0411. The zero-order chi connectivity index (χ0) is 13.1. The summed E-state index contributed by atoms with van der Waals surface area (Å²) in [4.78, 5) is 14.1. The summed E-state index contributed by atoms with van der Waals surface area (Å²) < 4.78 is 5.23. The molecule has 1 N–H and O–H groups in total. The first-order valence-corrected chi connectivity index (χ1v) is 6.36. The van der Waals surface area contributed by atoms with Gasteiger partial charge in [-0.1, -0.05) is 13.0 Å². The molecule has 0 aliphatic carbocycles. The Hall–Kier alpha value is -1.55. The molecule has 1 aromatic carbocycles. The Morgan fingerprint density at radius 2 is 2.28 bits per heavy atom. The summed E-state index contributed by atoms with van der Waals surface area (Å²) in [7, 11) is 1.64. The molecule has 4 nitrogen and oxygen atoms in total. The highest BCUT2D eigenvalue weighted by Crippen LogP contribution is 2.29. The lowest BCUT2D eigenvalue weighted by atomic mass is 10.1. The van der Waals surface area contributed by atoms with Crippen molar-refractivity contribution in [2.45, 2.75) is 26.3 Å². The molecule has 1 saturated heterocycles. The second-order valence-corrected chi connectivity index (χ2v) is 4.54. The number of nitrogens with zero attached hydrogens (tertiary/aromatic N) is 1. The molecule has 1 aromatic rings. The second kappa shape index (κ2) is 5.40. The van der Waals surface area contributed by atoms with Crippen molar-refractivity contribution in [1.82, 2.24) is 5.32 Å². The van der Waals surface area contributed by atoms with Crippen LogP contribution in [0.3, 0.4) is 0 Å². The zero-order valence-electron chi connectivity index (χ0n) is 11.2. The molecule has 1 amide bonds. The van der Waals surface area contributed by atoms with Gasteiger partial charge in [-0.05, 0) is 31.5 Å². The number of aryl methyl sites for hydroxylation is 1. The van der Waals surface area contributed by atoms with Crippen LogP contribution >= 0.6 is 0 Å². The maximum absolute atomic E-state index is 12.3. The van der Waals surface area contributed by atoms with Crippen molar-refractivity contribution in [2.24, 2.45) is 0 Å². The molecule has 2 rings (SSSR count). The van der Waals surface area contributed by atoms with Crippen LogP contribution in [0.5, 0.6) is 5.75 Å². The van der Waals surface area contributed by atoms with Gasteiger partial charge in [0, 0.05) is 12.6 Å². The van der Waals surface area contributed by atoms with Crippen LogP contribution in [0.2, 0.25) is 0 Å². The Labute approximate surface area is 108 Å². The van der Waals surface area contributed by atoms with E-state index in [9.17, 15) is 4.79 Å². The third-order valence-electron chi connectivity index (χ3n) is 3.36. The van der Waals surface area contributed by atoms with Crippen molar-refractivity contribution in [3.05, 3.63) is 23.8 Å². The van der Waals surface area contributed by atoms with Gasteiger partial charge in [0.15, 0.2) is 0 Å². The van der Waals surface area contributed by atoms with Crippen LogP contribution < -0.4 is 15.0 Å². The SMILES string of the molecule is CCNC1CCN(c2cc(OC)ccc2C)C1=O. The number of amides is 1. The average molecular weight is 248 g/mol. The summed E-state index contributed by atoms with van der Waals surface area (Å²) in [5.74, 6) is 0.948. The van der Waals surface area contributed by atoms with Crippen LogP contribution in [-0.4, -0.2) is 32.1 Å². The lowest BCUT2D eigenvalue weighted by Gasteiger charge is -2.20. The van der Waals surface area contributed by atoms with Crippen molar-refractivity contribution in [3.63, 3.8) is 0 Å². The van der Waals surface area contributed by atoms with E-state index < -0.39 is 0 Å². The monoisotopic (exact) mass is 248 g/mol. The standard InChI is InChI=1S/C14H20N2O2/c1-4-15-12-7-8-16(14(12)17)13-9-11(18-3)6-5-10(13)2/h5-6,9,12,15H,4,7-8H2,1-3H3. The lowest BCUT2D eigenvalue weighted by molar-refractivity contribution is -0.118. The molecule has 98 valence electrons.